The van der Waals surface area contributed by atoms with Crippen molar-refractivity contribution in [3.63, 3.8) is 0 Å². The molecule has 0 amide bonds. The van der Waals surface area contributed by atoms with Gasteiger partial charge in [-0.2, -0.15) is 0 Å². The topological polar surface area (TPSA) is 78.9 Å². The van der Waals surface area contributed by atoms with Crippen molar-refractivity contribution in [2.24, 2.45) is 0 Å². The van der Waals surface area contributed by atoms with Crippen molar-refractivity contribution >= 4 is 17.9 Å². The van der Waals surface area contributed by atoms with E-state index in [1.165, 1.54) is 154 Å². The normalized spacial score (nSPS) is 12.3. The van der Waals surface area contributed by atoms with Gasteiger partial charge >= 0.3 is 17.9 Å². The number of esters is 3. The highest BCUT2D eigenvalue weighted by molar-refractivity contribution is 5.72. The average Bonchev–Trinajstić information content (AvgIpc) is 3.21. The summed E-state index contributed by atoms with van der Waals surface area (Å²) in [6, 6.07) is 0. The Hall–Kier alpha value is -2.37. The van der Waals surface area contributed by atoms with Crippen LogP contribution in [0.4, 0.5) is 0 Å². The molecule has 0 saturated heterocycles. The van der Waals surface area contributed by atoms with Crippen molar-refractivity contribution in [2.45, 2.75) is 258 Å². The zero-order valence-corrected chi connectivity index (χ0v) is 37.9. The lowest BCUT2D eigenvalue weighted by molar-refractivity contribution is -0.166. The molecule has 1 atom stereocenters. The lowest BCUT2D eigenvalue weighted by Crippen LogP contribution is -2.30. The summed E-state index contributed by atoms with van der Waals surface area (Å²) < 4.78 is 16.6. The molecule has 0 N–H and O–H groups in total. The Morgan fingerprint density at radius 3 is 1.07 bits per heavy atom. The molecule has 0 bridgehead atoms. The first-order chi connectivity index (χ1) is 28.0. The molecule has 0 fully saturated rings. The molecular weight excluding hydrogens is 709 g/mol. The minimum absolute atomic E-state index is 0.0948. The Morgan fingerprint density at radius 2 is 0.684 bits per heavy atom. The zero-order chi connectivity index (χ0) is 41.5. The van der Waals surface area contributed by atoms with Gasteiger partial charge in [0.15, 0.2) is 6.10 Å². The average molecular weight is 801 g/mol. The van der Waals surface area contributed by atoms with Gasteiger partial charge < -0.3 is 14.2 Å². The van der Waals surface area contributed by atoms with Crippen LogP contribution < -0.4 is 0 Å². The van der Waals surface area contributed by atoms with Crippen LogP contribution in [0.5, 0.6) is 0 Å². The van der Waals surface area contributed by atoms with Crippen LogP contribution in [0.15, 0.2) is 36.5 Å². The fourth-order valence-electron chi connectivity index (χ4n) is 7.03. The van der Waals surface area contributed by atoms with Crippen LogP contribution in [0, 0.1) is 0 Å². The highest BCUT2D eigenvalue weighted by Gasteiger charge is 2.19. The number of ether oxygens (including phenoxy) is 3. The van der Waals surface area contributed by atoms with E-state index in [-0.39, 0.29) is 31.6 Å². The molecule has 0 aliphatic rings. The number of rotatable bonds is 44. The fraction of sp³-hybridized carbons (Fsp3) is 0.824. The zero-order valence-electron chi connectivity index (χ0n) is 37.9. The van der Waals surface area contributed by atoms with Crippen LogP contribution in [-0.4, -0.2) is 37.2 Å². The number of hydrogen-bond donors (Lipinski definition) is 0. The lowest BCUT2D eigenvalue weighted by Gasteiger charge is -2.18. The summed E-state index contributed by atoms with van der Waals surface area (Å²) in [6.07, 6.45) is 53.1. The highest BCUT2D eigenvalue weighted by Crippen LogP contribution is 2.16. The van der Waals surface area contributed by atoms with Crippen LogP contribution in [-0.2, 0) is 28.6 Å². The minimum Gasteiger partial charge on any atom is -0.462 e. The summed E-state index contributed by atoms with van der Waals surface area (Å²) in [7, 11) is 0. The van der Waals surface area contributed by atoms with Crippen LogP contribution in [0.1, 0.15) is 252 Å². The van der Waals surface area contributed by atoms with Crippen molar-refractivity contribution in [3.05, 3.63) is 36.5 Å². The Morgan fingerprint density at radius 1 is 0.368 bits per heavy atom. The van der Waals surface area contributed by atoms with Gasteiger partial charge in [-0.15, -0.1) is 0 Å². The van der Waals surface area contributed by atoms with E-state index in [4.69, 9.17) is 14.2 Å². The smallest absolute Gasteiger partial charge is 0.309 e. The third-order valence-electron chi connectivity index (χ3n) is 10.7. The molecule has 1 unspecified atom stereocenters. The first-order valence-corrected chi connectivity index (χ1v) is 24.5. The summed E-state index contributed by atoms with van der Waals surface area (Å²) in [5.74, 6) is -1.02. The quantitative estimate of drug-likeness (QED) is 0.0264. The molecule has 6 heteroatoms. The van der Waals surface area contributed by atoms with E-state index < -0.39 is 12.1 Å². The van der Waals surface area contributed by atoms with Crippen molar-refractivity contribution in [2.75, 3.05) is 13.2 Å². The van der Waals surface area contributed by atoms with E-state index in [1.54, 1.807) is 6.08 Å². The van der Waals surface area contributed by atoms with Gasteiger partial charge in [-0.1, -0.05) is 237 Å². The molecule has 0 aliphatic carbocycles. The monoisotopic (exact) mass is 801 g/mol. The number of carbonyl (C=O) groups is 3. The molecule has 0 saturated carbocycles. The van der Waals surface area contributed by atoms with Crippen LogP contribution in [0.25, 0.3) is 0 Å². The predicted molar refractivity (Wildman–Crippen MR) is 242 cm³/mol. The second kappa shape index (κ2) is 46.3. The summed E-state index contributed by atoms with van der Waals surface area (Å²) in [4.78, 5) is 37.7. The van der Waals surface area contributed by atoms with Crippen molar-refractivity contribution in [1.82, 2.24) is 0 Å². The van der Waals surface area contributed by atoms with Gasteiger partial charge in [0, 0.05) is 12.8 Å². The van der Waals surface area contributed by atoms with Gasteiger partial charge in [-0.05, 0) is 32.1 Å². The Bertz CT molecular complexity index is 969. The highest BCUT2D eigenvalue weighted by atomic mass is 16.6. The Kier molecular flexibility index (Phi) is 44.4. The first-order valence-electron chi connectivity index (χ1n) is 24.5. The van der Waals surface area contributed by atoms with E-state index in [1.807, 2.05) is 6.08 Å². The molecule has 0 aromatic carbocycles. The van der Waals surface area contributed by atoms with Gasteiger partial charge in [-0.25, -0.2) is 0 Å². The maximum Gasteiger partial charge on any atom is 0.309 e. The van der Waals surface area contributed by atoms with Crippen LogP contribution >= 0.6 is 0 Å². The minimum atomic E-state index is -0.800. The molecule has 332 valence electrons. The molecular formula is C51H92O6. The Labute approximate surface area is 353 Å². The van der Waals surface area contributed by atoms with E-state index in [9.17, 15) is 14.4 Å². The maximum atomic E-state index is 12.7. The summed E-state index contributed by atoms with van der Waals surface area (Å²) in [5, 5.41) is 0. The van der Waals surface area contributed by atoms with Crippen molar-refractivity contribution < 1.29 is 28.6 Å². The third kappa shape index (κ3) is 44.6. The molecule has 0 rings (SSSR count). The SMILES string of the molecule is CC/C=C\C/C=C\C/C=C\CC(=O)OCC(COC(=O)CCCCCCCCCCCCCCCCCCCC)OC(=O)CCCCCCCCCCCCCC. The standard InChI is InChI=1S/C51H92O6/c1-4-7-10-13-16-19-21-23-24-25-26-27-28-30-32-35-38-41-44-50(53)56-47-48(46-55-49(52)43-40-37-34-31-18-15-12-9-6-3)57-51(54)45-42-39-36-33-29-22-20-17-14-11-8-5-2/h9,12,18,31,37,40,48H,4-8,10-11,13-17,19-30,32-36,38-39,41-47H2,1-3H3/b12-9-,31-18-,40-37-. The summed E-state index contributed by atoms with van der Waals surface area (Å²) in [5.41, 5.74) is 0. The van der Waals surface area contributed by atoms with Crippen molar-refractivity contribution in [1.29, 1.82) is 0 Å². The number of unbranched alkanes of at least 4 members (excludes halogenated alkanes) is 28. The van der Waals surface area contributed by atoms with Crippen LogP contribution in [0.3, 0.4) is 0 Å². The van der Waals surface area contributed by atoms with Gasteiger partial charge in [0.2, 0.25) is 0 Å². The maximum absolute atomic E-state index is 12.7. The molecule has 0 aromatic rings. The molecule has 0 aromatic heterocycles. The molecule has 57 heavy (non-hydrogen) atoms. The lowest BCUT2D eigenvalue weighted by atomic mass is 10.0. The summed E-state index contributed by atoms with van der Waals surface area (Å²) >= 11 is 0. The largest absolute Gasteiger partial charge is 0.462 e. The molecule has 0 heterocycles. The van der Waals surface area contributed by atoms with E-state index in [0.29, 0.717) is 12.8 Å². The van der Waals surface area contributed by atoms with Crippen molar-refractivity contribution in [3.8, 4) is 0 Å². The number of allylic oxidation sites excluding steroid dienone is 5. The van der Waals surface area contributed by atoms with Gasteiger partial charge in [-0.3, -0.25) is 14.4 Å². The van der Waals surface area contributed by atoms with Gasteiger partial charge in [0.05, 0.1) is 6.42 Å². The summed E-state index contributed by atoms with van der Waals surface area (Å²) in [6.45, 7) is 6.44. The second-order valence-electron chi connectivity index (χ2n) is 16.4. The van der Waals surface area contributed by atoms with E-state index in [0.717, 1.165) is 57.8 Å². The van der Waals surface area contributed by atoms with E-state index in [2.05, 4.69) is 45.1 Å². The van der Waals surface area contributed by atoms with Crippen LogP contribution in [0.2, 0.25) is 0 Å². The third-order valence-corrected chi connectivity index (χ3v) is 10.7. The molecule has 6 nitrogen and oxygen atoms in total. The second-order valence-corrected chi connectivity index (χ2v) is 16.4. The fourth-order valence-corrected chi connectivity index (χ4v) is 7.03. The van der Waals surface area contributed by atoms with Gasteiger partial charge in [0.25, 0.3) is 0 Å². The van der Waals surface area contributed by atoms with E-state index >= 15 is 0 Å². The Balaban J connectivity index is 4.30. The first kappa shape index (κ1) is 54.6. The van der Waals surface area contributed by atoms with Gasteiger partial charge in [0.1, 0.15) is 13.2 Å². The molecule has 0 spiro atoms. The molecule has 0 radical (unpaired) electrons. The molecule has 0 aliphatic heterocycles. The number of hydrogen-bond acceptors (Lipinski definition) is 6. The number of carbonyl (C=O) groups excluding carboxylic acids is 3. The predicted octanol–water partition coefficient (Wildman–Crippen LogP) is 15.8.